The van der Waals surface area contributed by atoms with Gasteiger partial charge in [0.05, 0.1) is 16.1 Å². The summed E-state index contributed by atoms with van der Waals surface area (Å²) in [6.45, 7) is 0. The Kier molecular flexibility index (Phi) is 4.20. The van der Waals surface area contributed by atoms with Gasteiger partial charge in [-0.3, -0.25) is 4.79 Å². The summed E-state index contributed by atoms with van der Waals surface area (Å²) in [5.41, 5.74) is 1.53. The molecule has 0 aromatic heterocycles. The highest BCUT2D eigenvalue weighted by Gasteiger charge is 2.13. The lowest BCUT2D eigenvalue weighted by Gasteiger charge is -2.03. The summed E-state index contributed by atoms with van der Waals surface area (Å²) in [6.07, 6.45) is 0.392. The highest BCUT2D eigenvalue weighted by molar-refractivity contribution is 7.68. The molecule has 18 heavy (non-hydrogen) atoms. The number of carbonyl (C=O) groups is 1. The van der Waals surface area contributed by atoms with Gasteiger partial charge in [0, 0.05) is 12.0 Å². The van der Waals surface area contributed by atoms with Crippen molar-refractivity contribution < 1.29 is 9.00 Å². The minimum absolute atomic E-state index is 0.181. The smallest absolute Gasteiger partial charge is 0.202 e. The second kappa shape index (κ2) is 6.07. The molecule has 0 fully saturated rings. The molecule has 0 amide bonds. The zero-order chi connectivity index (χ0) is 12.8. The molecule has 0 unspecified atom stereocenters. The fourth-order valence-electron chi connectivity index (χ4n) is 1.68. The van der Waals surface area contributed by atoms with Gasteiger partial charge in [0.25, 0.3) is 0 Å². The summed E-state index contributed by atoms with van der Waals surface area (Å²) in [7, 11) is 0. The average molecular weight is 256 g/mol. The molecule has 0 N–H and O–H groups in total. The normalized spacial score (nSPS) is 9.78. The first-order valence-corrected chi connectivity index (χ1v) is 6.34. The lowest BCUT2D eigenvalue weighted by molar-refractivity contribution is 0.106. The molecule has 0 aliphatic rings. The van der Waals surface area contributed by atoms with Crippen molar-refractivity contribution in [2.45, 2.75) is 6.42 Å². The molecule has 0 bridgehead atoms. The Balaban J connectivity index is 2.21. The van der Waals surface area contributed by atoms with Gasteiger partial charge in [-0.1, -0.05) is 60.7 Å². The van der Waals surface area contributed by atoms with Crippen molar-refractivity contribution in [3.8, 4) is 0 Å². The van der Waals surface area contributed by atoms with E-state index in [2.05, 4.69) is 0 Å². The predicted octanol–water partition coefficient (Wildman–Crippen LogP) is 2.50. The molecule has 0 saturated heterocycles. The van der Waals surface area contributed by atoms with E-state index in [0.29, 0.717) is 16.8 Å². The molecule has 2 nitrogen and oxygen atoms in total. The number of benzene rings is 2. The number of hydrogen-bond acceptors (Lipinski definition) is 2. The van der Waals surface area contributed by atoms with E-state index in [1.54, 1.807) is 24.3 Å². The SMILES string of the molecule is O=S=C(Cc1ccccc1)C(=O)c1ccccc1. The Bertz CT molecular complexity index is 584. The minimum atomic E-state index is -0.181. The second-order valence-corrected chi connectivity index (χ2v) is 4.52. The number of carbonyl (C=O) groups excluding carboxylic acids is 1. The molecular weight excluding hydrogens is 244 g/mol. The van der Waals surface area contributed by atoms with Crippen molar-refractivity contribution in [2.75, 3.05) is 0 Å². The van der Waals surface area contributed by atoms with Crippen LogP contribution in [0.2, 0.25) is 0 Å². The van der Waals surface area contributed by atoms with E-state index >= 15 is 0 Å². The first-order chi connectivity index (χ1) is 8.81. The lowest BCUT2D eigenvalue weighted by Crippen LogP contribution is -2.16. The van der Waals surface area contributed by atoms with Gasteiger partial charge in [-0.15, -0.1) is 0 Å². The van der Waals surface area contributed by atoms with E-state index in [9.17, 15) is 9.00 Å². The molecule has 2 aromatic carbocycles. The lowest BCUT2D eigenvalue weighted by atomic mass is 10.0. The Hall–Kier alpha value is -2.00. The van der Waals surface area contributed by atoms with Crippen LogP contribution in [0.4, 0.5) is 0 Å². The van der Waals surface area contributed by atoms with E-state index in [4.69, 9.17) is 0 Å². The number of rotatable bonds is 4. The van der Waals surface area contributed by atoms with Gasteiger partial charge in [-0.25, -0.2) is 4.21 Å². The molecule has 0 aliphatic carbocycles. The third-order valence-electron chi connectivity index (χ3n) is 2.60. The van der Waals surface area contributed by atoms with Gasteiger partial charge in [0.2, 0.25) is 5.78 Å². The maximum Gasteiger partial charge on any atom is 0.202 e. The predicted molar refractivity (Wildman–Crippen MR) is 74.1 cm³/mol. The Morgan fingerprint density at radius 2 is 1.44 bits per heavy atom. The average Bonchev–Trinajstić information content (AvgIpc) is 2.46. The van der Waals surface area contributed by atoms with Crippen molar-refractivity contribution in [3.05, 3.63) is 71.8 Å². The van der Waals surface area contributed by atoms with Crippen LogP contribution < -0.4 is 0 Å². The zero-order valence-electron chi connectivity index (χ0n) is 9.71. The third kappa shape index (κ3) is 3.02. The molecule has 3 heteroatoms. The van der Waals surface area contributed by atoms with Crippen molar-refractivity contribution in [1.82, 2.24) is 0 Å². The van der Waals surface area contributed by atoms with Crippen molar-refractivity contribution >= 4 is 21.9 Å². The van der Waals surface area contributed by atoms with Crippen LogP contribution in [-0.4, -0.2) is 14.9 Å². The van der Waals surface area contributed by atoms with E-state index < -0.39 is 0 Å². The van der Waals surface area contributed by atoms with Gasteiger partial charge < -0.3 is 0 Å². The largest absolute Gasteiger partial charge is 0.288 e. The van der Waals surface area contributed by atoms with Gasteiger partial charge >= 0.3 is 0 Å². The molecular formula is C15H12O2S. The summed E-state index contributed by atoms with van der Waals surface area (Å²) >= 11 is 0.285. The summed E-state index contributed by atoms with van der Waals surface area (Å²) in [4.78, 5) is 12.4. The van der Waals surface area contributed by atoms with E-state index in [-0.39, 0.29) is 17.0 Å². The van der Waals surface area contributed by atoms with E-state index in [0.717, 1.165) is 5.56 Å². The molecule has 0 radical (unpaired) electrons. The van der Waals surface area contributed by atoms with Crippen molar-refractivity contribution in [3.63, 3.8) is 0 Å². The van der Waals surface area contributed by atoms with Crippen LogP contribution in [0.5, 0.6) is 0 Å². The monoisotopic (exact) mass is 256 g/mol. The van der Waals surface area contributed by atoms with Crippen LogP contribution in [0.1, 0.15) is 15.9 Å². The maximum absolute atomic E-state index is 12.1. The van der Waals surface area contributed by atoms with E-state index in [1.807, 2.05) is 36.4 Å². The van der Waals surface area contributed by atoms with Crippen LogP contribution in [-0.2, 0) is 17.7 Å². The second-order valence-electron chi connectivity index (χ2n) is 3.86. The number of hydrogen-bond donors (Lipinski definition) is 0. The number of ketones is 1. The van der Waals surface area contributed by atoms with Crippen LogP contribution in [0, 0.1) is 0 Å². The van der Waals surface area contributed by atoms with E-state index in [1.165, 1.54) is 0 Å². The molecule has 0 saturated carbocycles. The first kappa shape index (κ1) is 12.5. The minimum Gasteiger partial charge on any atom is -0.288 e. The Morgan fingerprint density at radius 3 is 2.00 bits per heavy atom. The summed E-state index contributed by atoms with van der Waals surface area (Å²) in [5.74, 6) is -0.181. The number of Topliss-reactive ketones (excluding diaryl/α,β-unsaturated/α-hetero) is 1. The molecule has 0 spiro atoms. The molecule has 90 valence electrons. The standard InChI is InChI=1S/C15H12O2S/c16-15(13-9-5-2-6-10-13)14(18-17)11-12-7-3-1-4-8-12/h1-10H,11H2. The highest BCUT2D eigenvalue weighted by atomic mass is 32.1. The Labute approximate surface area is 109 Å². The van der Waals surface area contributed by atoms with Gasteiger partial charge in [-0.2, -0.15) is 0 Å². The van der Waals surface area contributed by atoms with Crippen molar-refractivity contribution in [1.29, 1.82) is 0 Å². The first-order valence-electron chi connectivity index (χ1n) is 5.60. The van der Waals surface area contributed by atoms with Crippen molar-refractivity contribution in [2.24, 2.45) is 0 Å². The van der Waals surface area contributed by atoms with Gasteiger partial charge in [0.1, 0.15) is 0 Å². The molecule has 0 aliphatic heterocycles. The molecule has 0 atom stereocenters. The van der Waals surface area contributed by atoms with Crippen LogP contribution in [0.3, 0.4) is 0 Å². The van der Waals surface area contributed by atoms with Gasteiger partial charge in [0.15, 0.2) is 0 Å². The van der Waals surface area contributed by atoms with Crippen LogP contribution >= 0.6 is 0 Å². The fraction of sp³-hybridized carbons (Fsp3) is 0.0667. The van der Waals surface area contributed by atoms with Crippen LogP contribution in [0.25, 0.3) is 0 Å². The summed E-state index contributed by atoms with van der Waals surface area (Å²) in [6, 6.07) is 18.4. The summed E-state index contributed by atoms with van der Waals surface area (Å²) in [5, 5.41) is 0. The highest BCUT2D eigenvalue weighted by Crippen LogP contribution is 2.06. The fourth-order valence-corrected chi connectivity index (χ4v) is 2.10. The molecule has 2 rings (SSSR count). The summed E-state index contributed by atoms with van der Waals surface area (Å²) < 4.78 is 11.1. The third-order valence-corrected chi connectivity index (χ3v) is 3.13. The zero-order valence-corrected chi connectivity index (χ0v) is 10.5. The quantitative estimate of drug-likeness (QED) is 0.622. The molecule has 2 aromatic rings. The topological polar surface area (TPSA) is 34.1 Å². The van der Waals surface area contributed by atoms with Crippen LogP contribution in [0.15, 0.2) is 60.7 Å². The maximum atomic E-state index is 12.1. The van der Waals surface area contributed by atoms with Gasteiger partial charge in [-0.05, 0) is 5.56 Å². The molecule has 0 heterocycles. The Morgan fingerprint density at radius 1 is 0.889 bits per heavy atom.